The first-order valence-electron chi connectivity index (χ1n) is 6.95. The molecule has 2 N–H and O–H groups in total. The molecule has 0 bridgehead atoms. The number of rotatable bonds is 2. The van der Waals surface area contributed by atoms with Crippen molar-refractivity contribution >= 4 is 17.8 Å². The Labute approximate surface area is 121 Å². The highest BCUT2D eigenvalue weighted by atomic mass is 16.4. The van der Waals surface area contributed by atoms with Crippen LogP contribution in [0.5, 0.6) is 0 Å². The van der Waals surface area contributed by atoms with Crippen LogP contribution in [0.3, 0.4) is 0 Å². The lowest BCUT2D eigenvalue weighted by atomic mass is 9.93. The molecule has 0 unspecified atom stereocenters. The maximum absolute atomic E-state index is 12.5. The Balaban J connectivity index is 1.87. The van der Waals surface area contributed by atoms with Gasteiger partial charge in [0.15, 0.2) is 0 Å². The summed E-state index contributed by atoms with van der Waals surface area (Å²) in [7, 11) is 0. The van der Waals surface area contributed by atoms with E-state index in [1.807, 2.05) is 24.3 Å². The van der Waals surface area contributed by atoms with Crippen molar-refractivity contribution in [2.45, 2.75) is 37.9 Å². The van der Waals surface area contributed by atoms with E-state index in [1.54, 1.807) is 0 Å². The topological polar surface area (TPSA) is 86.7 Å². The Morgan fingerprint density at radius 2 is 1.95 bits per heavy atom. The molecule has 3 rings (SSSR count). The van der Waals surface area contributed by atoms with Crippen LogP contribution >= 0.6 is 0 Å². The summed E-state index contributed by atoms with van der Waals surface area (Å²) in [4.78, 5) is 36.6. The molecule has 1 fully saturated rings. The highest BCUT2D eigenvalue weighted by Crippen LogP contribution is 2.25. The minimum Gasteiger partial charge on any atom is -0.480 e. The lowest BCUT2D eigenvalue weighted by Crippen LogP contribution is -2.53. The van der Waals surface area contributed by atoms with Gasteiger partial charge in [0.05, 0.1) is 0 Å². The number of nitrogens with one attached hydrogen (secondary N) is 1. The number of fused-ring (bicyclic) bond motifs is 1. The molecule has 2 amide bonds. The third kappa shape index (κ3) is 2.49. The van der Waals surface area contributed by atoms with E-state index in [1.165, 1.54) is 4.90 Å². The summed E-state index contributed by atoms with van der Waals surface area (Å²) >= 11 is 0. The number of benzene rings is 1. The summed E-state index contributed by atoms with van der Waals surface area (Å²) in [5.41, 5.74) is 1.93. The molecule has 1 aromatic rings. The zero-order valence-electron chi connectivity index (χ0n) is 11.4. The molecule has 0 spiro atoms. The number of nitrogens with zero attached hydrogens (tertiary/aromatic N) is 1. The third-order valence-electron chi connectivity index (χ3n) is 4.11. The highest BCUT2D eigenvalue weighted by Gasteiger charge is 2.39. The SMILES string of the molecule is O=C1CC[C@@H](C(=O)N2Cc3ccccc3C[C@@H]2C(=O)O)N1. The van der Waals surface area contributed by atoms with Gasteiger partial charge < -0.3 is 15.3 Å². The Bertz CT molecular complexity index is 613. The molecule has 0 radical (unpaired) electrons. The molecule has 1 saturated heterocycles. The van der Waals surface area contributed by atoms with Crippen molar-refractivity contribution in [3.63, 3.8) is 0 Å². The number of hydrogen-bond acceptors (Lipinski definition) is 3. The van der Waals surface area contributed by atoms with Gasteiger partial charge in [-0.05, 0) is 17.5 Å². The second-order valence-corrected chi connectivity index (χ2v) is 5.45. The van der Waals surface area contributed by atoms with Gasteiger partial charge in [-0.1, -0.05) is 24.3 Å². The van der Waals surface area contributed by atoms with Crippen molar-refractivity contribution in [1.29, 1.82) is 0 Å². The molecule has 0 aromatic heterocycles. The largest absolute Gasteiger partial charge is 0.480 e. The number of carboxylic acid groups (broad SMARTS) is 1. The van der Waals surface area contributed by atoms with Crippen LogP contribution in [-0.2, 0) is 27.3 Å². The van der Waals surface area contributed by atoms with Crippen molar-refractivity contribution < 1.29 is 19.5 Å². The van der Waals surface area contributed by atoms with Crippen molar-refractivity contribution in [2.75, 3.05) is 0 Å². The summed E-state index contributed by atoms with van der Waals surface area (Å²) < 4.78 is 0. The van der Waals surface area contributed by atoms with Gasteiger partial charge in [-0.25, -0.2) is 4.79 Å². The first-order valence-corrected chi connectivity index (χ1v) is 6.95. The number of carbonyl (C=O) groups excluding carboxylic acids is 2. The summed E-state index contributed by atoms with van der Waals surface area (Å²) in [6.45, 7) is 0.276. The van der Waals surface area contributed by atoms with Crippen LogP contribution in [-0.4, -0.2) is 39.9 Å². The number of carboxylic acids is 1. The van der Waals surface area contributed by atoms with Crippen LogP contribution in [0, 0.1) is 0 Å². The lowest BCUT2D eigenvalue weighted by Gasteiger charge is -2.35. The fourth-order valence-corrected chi connectivity index (χ4v) is 2.97. The van der Waals surface area contributed by atoms with E-state index in [9.17, 15) is 19.5 Å². The zero-order valence-corrected chi connectivity index (χ0v) is 11.4. The predicted molar refractivity (Wildman–Crippen MR) is 73.3 cm³/mol. The second-order valence-electron chi connectivity index (χ2n) is 5.45. The maximum atomic E-state index is 12.5. The van der Waals surface area contributed by atoms with Gasteiger partial charge in [0, 0.05) is 19.4 Å². The molecule has 2 aliphatic rings. The van der Waals surface area contributed by atoms with Gasteiger partial charge in [-0.3, -0.25) is 9.59 Å². The molecule has 0 aliphatic carbocycles. The Morgan fingerprint density at radius 1 is 1.24 bits per heavy atom. The van der Waals surface area contributed by atoms with Gasteiger partial charge >= 0.3 is 5.97 Å². The minimum absolute atomic E-state index is 0.155. The number of aliphatic carboxylic acids is 1. The van der Waals surface area contributed by atoms with Crippen LogP contribution in [0.25, 0.3) is 0 Å². The molecule has 2 heterocycles. The maximum Gasteiger partial charge on any atom is 0.326 e. The average Bonchev–Trinajstić information content (AvgIpc) is 2.91. The summed E-state index contributed by atoms with van der Waals surface area (Å²) in [6, 6.07) is 6.08. The number of hydrogen-bond donors (Lipinski definition) is 2. The average molecular weight is 288 g/mol. The Morgan fingerprint density at radius 3 is 2.57 bits per heavy atom. The van der Waals surface area contributed by atoms with E-state index in [2.05, 4.69) is 5.32 Å². The highest BCUT2D eigenvalue weighted by molar-refractivity contribution is 5.93. The number of carbonyl (C=O) groups is 3. The summed E-state index contributed by atoms with van der Waals surface area (Å²) in [5.74, 6) is -1.47. The quantitative estimate of drug-likeness (QED) is 0.819. The molecule has 0 saturated carbocycles. The molecule has 110 valence electrons. The van der Waals surface area contributed by atoms with Gasteiger partial charge in [0.25, 0.3) is 0 Å². The van der Waals surface area contributed by atoms with Crippen LogP contribution in [0.2, 0.25) is 0 Å². The fraction of sp³-hybridized carbons (Fsp3) is 0.400. The second kappa shape index (κ2) is 5.20. The fourth-order valence-electron chi connectivity index (χ4n) is 2.97. The van der Waals surface area contributed by atoms with Crippen molar-refractivity contribution in [1.82, 2.24) is 10.2 Å². The van der Waals surface area contributed by atoms with Crippen molar-refractivity contribution in [3.05, 3.63) is 35.4 Å². The summed E-state index contributed by atoms with van der Waals surface area (Å²) in [6.07, 6.45) is 1.05. The third-order valence-corrected chi connectivity index (χ3v) is 4.11. The van der Waals surface area contributed by atoms with Gasteiger partial charge in [-0.2, -0.15) is 0 Å². The zero-order chi connectivity index (χ0) is 15.0. The molecule has 6 heteroatoms. The van der Waals surface area contributed by atoms with Crippen LogP contribution in [0.1, 0.15) is 24.0 Å². The lowest BCUT2D eigenvalue weighted by molar-refractivity contribution is -0.152. The van der Waals surface area contributed by atoms with E-state index in [0.29, 0.717) is 19.3 Å². The van der Waals surface area contributed by atoms with E-state index < -0.39 is 18.1 Å². The standard InChI is InChI=1S/C15H16N2O4/c18-13-6-5-11(16-13)14(19)17-8-10-4-2-1-3-9(10)7-12(17)15(20)21/h1-4,11-12H,5-8H2,(H,16,18)(H,20,21)/t11-,12+/m0/s1. The Kier molecular flexibility index (Phi) is 3.37. The molecular weight excluding hydrogens is 272 g/mol. The van der Waals surface area contributed by atoms with Crippen LogP contribution < -0.4 is 5.32 Å². The Hall–Kier alpha value is -2.37. The molecule has 2 atom stereocenters. The minimum atomic E-state index is -1.01. The van der Waals surface area contributed by atoms with Gasteiger partial charge in [0.1, 0.15) is 12.1 Å². The van der Waals surface area contributed by atoms with Crippen molar-refractivity contribution in [2.24, 2.45) is 0 Å². The van der Waals surface area contributed by atoms with E-state index in [0.717, 1.165) is 11.1 Å². The van der Waals surface area contributed by atoms with Crippen LogP contribution in [0.4, 0.5) is 0 Å². The van der Waals surface area contributed by atoms with E-state index >= 15 is 0 Å². The smallest absolute Gasteiger partial charge is 0.326 e. The first kappa shape index (κ1) is 13.6. The van der Waals surface area contributed by atoms with E-state index in [-0.39, 0.29) is 18.4 Å². The number of amides is 2. The monoisotopic (exact) mass is 288 g/mol. The molecular formula is C15H16N2O4. The molecule has 6 nitrogen and oxygen atoms in total. The molecule has 21 heavy (non-hydrogen) atoms. The van der Waals surface area contributed by atoms with Crippen molar-refractivity contribution in [3.8, 4) is 0 Å². The normalized spacial score (nSPS) is 24.4. The molecule has 1 aromatic carbocycles. The first-order chi connectivity index (χ1) is 10.1. The van der Waals surface area contributed by atoms with Gasteiger partial charge in [0.2, 0.25) is 11.8 Å². The van der Waals surface area contributed by atoms with E-state index in [4.69, 9.17) is 0 Å². The van der Waals surface area contributed by atoms with Crippen LogP contribution in [0.15, 0.2) is 24.3 Å². The molecule has 2 aliphatic heterocycles. The predicted octanol–water partition coefficient (Wildman–Crippen LogP) is 0.303. The van der Waals surface area contributed by atoms with Gasteiger partial charge in [-0.15, -0.1) is 0 Å². The summed E-state index contributed by atoms with van der Waals surface area (Å²) in [5, 5.41) is 12.0.